The van der Waals surface area contributed by atoms with Gasteiger partial charge in [0.05, 0.1) is 28.8 Å². The van der Waals surface area contributed by atoms with E-state index in [1.807, 2.05) is 0 Å². The predicted molar refractivity (Wildman–Crippen MR) is 88.0 cm³/mol. The minimum atomic E-state index is -4.61. The van der Waals surface area contributed by atoms with Gasteiger partial charge in [-0.05, 0) is 45.0 Å². The van der Waals surface area contributed by atoms with Gasteiger partial charge in [-0.3, -0.25) is 10.1 Å². The Morgan fingerprint density at radius 2 is 1.73 bits per heavy atom. The summed E-state index contributed by atoms with van der Waals surface area (Å²) in [5.41, 5.74) is -1.92. The number of ether oxygens (including phenoxy) is 1. The highest BCUT2D eigenvalue weighted by Crippen LogP contribution is 2.34. The molecule has 26 heavy (non-hydrogen) atoms. The molecular formula is C17H17F3N2O4. The highest BCUT2D eigenvalue weighted by molar-refractivity contribution is 6.06. The largest absolute Gasteiger partial charge is 0.472 e. The molecule has 2 amide bonds. The molecule has 0 radical (unpaired) electrons. The monoisotopic (exact) mass is 370 g/mol. The third-order valence-corrected chi connectivity index (χ3v) is 3.01. The van der Waals surface area contributed by atoms with E-state index in [0.29, 0.717) is 0 Å². The van der Waals surface area contributed by atoms with Crippen molar-refractivity contribution in [2.24, 2.45) is 0 Å². The maximum atomic E-state index is 13.0. The lowest BCUT2D eigenvalue weighted by Crippen LogP contribution is -2.27. The topological polar surface area (TPSA) is 80.6 Å². The number of halogens is 3. The number of benzene rings is 1. The number of carbonyl (C=O) groups is 2. The SMILES string of the molecule is CC(C)(C)OC(=O)Nc1ccc(C(F)(F)F)cc1NC(=O)c1ccoc1. The zero-order chi connectivity index (χ0) is 19.5. The second-order valence-electron chi connectivity index (χ2n) is 6.35. The van der Waals surface area contributed by atoms with Gasteiger partial charge >= 0.3 is 12.3 Å². The van der Waals surface area contributed by atoms with Gasteiger partial charge in [0.2, 0.25) is 0 Å². The van der Waals surface area contributed by atoms with E-state index < -0.39 is 29.3 Å². The molecule has 9 heteroatoms. The van der Waals surface area contributed by atoms with E-state index >= 15 is 0 Å². The van der Waals surface area contributed by atoms with E-state index in [4.69, 9.17) is 9.15 Å². The normalized spacial score (nSPS) is 11.8. The van der Waals surface area contributed by atoms with Crippen molar-refractivity contribution in [3.63, 3.8) is 0 Å². The number of anilines is 2. The number of carbonyl (C=O) groups excluding carboxylic acids is 2. The lowest BCUT2D eigenvalue weighted by molar-refractivity contribution is -0.137. The molecule has 0 spiro atoms. The molecular weight excluding hydrogens is 353 g/mol. The highest BCUT2D eigenvalue weighted by Gasteiger charge is 2.31. The minimum absolute atomic E-state index is 0.0379. The van der Waals surface area contributed by atoms with Gasteiger partial charge in [0.25, 0.3) is 5.91 Å². The summed E-state index contributed by atoms with van der Waals surface area (Å²) in [5.74, 6) is -0.690. The second kappa shape index (κ2) is 7.11. The Balaban J connectivity index is 2.31. The van der Waals surface area contributed by atoms with Gasteiger partial charge in [-0.15, -0.1) is 0 Å². The summed E-state index contributed by atoms with van der Waals surface area (Å²) in [7, 11) is 0. The van der Waals surface area contributed by atoms with E-state index in [-0.39, 0.29) is 16.9 Å². The summed E-state index contributed by atoms with van der Waals surface area (Å²) in [4.78, 5) is 24.0. The van der Waals surface area contributed by atoms with Crippen LogP contribution in [0.15, 0.2) is 41.2 Å². The lowest BCUT2D eigenvalue weighted by Gasteiger charge is -2.21. The molecule has 2 N–H and O–H groups in total. The molecule has 1 aromatic carbocycles. The molecule has 0 atom stereocenters. The first-order chi connectivity index (χ1) is 12.0. The molecule has 6 nitrogen and oxygen atoms in total. The molecule has 0 aliphatic rings. The summed E-state index contributed by atoms with van der Waals surface area (Å²) < 4.78 is 48.7. The van der Waals surface area contributed by atoms with Crippen molar-refractivity contribution in [1.82, 2.24) is 0 Å². The van der Waals surface area contributed by atoms with Crippen LogP contribution in [0.3, 0.4) is 0 Å². The van der Waals surface area contributed by atoms with Crippen molar-refractivity contribution in [2.75, 3.05) is 10.6 Å². The van der Waals surface area contributed by atoms with Crippen LogP contribution < -0.4 is 10.6 Å². The third kappa shape index (κ3) is 5.27. The Hall–Kier alpha value is -2.97. The van der Waals surface area contributed by atoms with Crippen LogP contribution in [0.2, 0.25) is 0 Å². The van der Waals surface area contributed by atoms with Crippen molar-refractivity contribution in [1.29, 1.82) is 0 Å². The van der Waals surface area contributed by atoms with Gasteiger partial charge in [-0.1, -0.05) is 0 Å². The first-order valence-electron chi connectivity index (χ1n) is 7.50. The van der Waals surface area contributed by atoms with E-state index in [1.165, 1.54) is 12.3 Å². The highest BCUT2D eigenvalue weighted by atomic mass is 19.4. The standard InChI is InChI=1S/C17H17F3N2O4/c1-16(2,3)26-15(24)22-12-5-4-11(17(18,19)20)8-13(12)21-14(23)10-6-7-25-9-10/h4-9H,1-3H3,(H,21,23)(H,22,24). The zero-order valence-corrected chi connectivity index (χ0v) is 14.2. The second-order valence-corrected chi connectivity index (χ2v) is 6.35. The first kappa shape index (κ1) is 19.4. The molecule has 0 aliphatic carbocycles. The predicted octanol–water partition coefficient (Wildman–Crippen LogP) is 4.90. The van der Waals surface area contributed by atoms with Gasteiger partial charge in [-0.25, -0.2) is 4.79 Å². The quantitative estimate of drug-likeness (QED) is 0.805. The van der Waals surface area contributed by atoms with Gasteiger partial charge in [0.1, 0.15) is 11.9 Å². The van der Waals surface area contributed by atoms with Gasteiger partial charge in [-0.2, -0.15) is 13.2 Å². The average Bonchev–Trinajstić information content (AvgIpc) is 3.00. The van der Waals surface area contributed by atoms with Crippen LogP contribution in [-0.2, 0) is 10.9 Å². The summed E-state index contributed by atoms with van der Waals surface area (Å²) in [6, 6.07) is 3.91. The molecule has 2 rings (SSSR count). The number of nitrogens with one attached hydrogen (secondary N) is 2. The van der Waals surface area contributed by atoms with Crippen LogP contribution in [0.5, 0.6) is 0 Å². The van der Waals surface area contributed by atoms with E-state index in [9.17, 15) is 22.8 Å². The summed E-state index contributed by atoms with van der Waals surface area (Å²) in [5, 5.41) is 4.65. The number of alkyl halides is 3. The minimum Gasteiger partial charge on any atom is -0.472 e. The molecule has 2 aromatic rings. The van der Waals surface area contributed by atoms with Crippen LogP contribution in [-0.4, -0.2) is 17.6 Å². The van der Waals surface area contributed by atoms with Crippen LogP contribution in [0.25, 0.3) is 0 Å². The van der Waals surface area contributed by atoms with E-state index in [1.54, 1.807) is 20.8 Å². The van der Waals surface area contributed by atoms with Crippen LogP contribution in [0.4, 0.5) is 29.3 Å². The molecule has 1 heterocycles. The molecule has 140 valence electrons. The Morgan fingerprint density at radius 3 is 2.27 bits per heavy atom. The summed E-state index contributed by atoms with van der Waals surface area (Å²) in [6.45, 7) is 4.92. The van der Waals surface area contributed by atoms with Gasteiger partial charge in [0.15, 0.2) is 0 Å². The van der Waals surface area contributed by atoms with E-state index in [0.717, 1.165) is 24.5 Å². The first-order valence-corrected chi connectivity index (χ1v) is 7.50. The smallest absolute Gasteiger partial charge is 0.416 e. The molecule has 0 saturated heterocycles. The number of hydrogen-bond donors (Lipinski definition) is 2. The van der Waals surface area contributed by atoms with Crippen LogP contribution in [0, 0.1) is 0 Å². The third-order valence-electron chi connectivity index (χ3n) is 3.01. The maximum absolute atomic E-state index is 13.0. The fourth-order valence-corrected chi connectivity index (χ4v) is 1.93. The van der Waals surface area contributed by atoms with Crippen LogP contribution >= 0.6 is 0 Å². The van der Waals surface area contributed by atoms with Crippen molar-refractivity contribution < 1.29 is 31.9 Å². The van der Waals surface area contributed by atoms with Crippen molar-refractivity contribution >= 4 is 23.4 Å². The Labute approximate surface area is 147 Å². The van der Waals surface area contributed by atoms with Crippen molar-refractivity contribution in [3.8, 4) is 0 Å². The van der Waals surface area contributed by atoms with Crippen molar-refractivity contribution in [3.05, 3.63) is 47.9 Å². The summed E-state index contributed by atoms with van der Waals surface area (Å²) in [6.07, 6.45) is -3.08. The number of furan rings is 1. The van der Waals surface area contributed by atoms with Crippen molar-refractivity contribution in [2.45, 2.75) is 32.5 Å². The fraction of sp³-hybridized carbons (Fsp3) is 0.294. The maximum Gasteiger partial charge on any atom is 0.416 e. The van der Waals surface area contributed by atoms with E-state index in [2.05, 4.69) is 10.6 Å². The molecule has 1 aromatic heterocycles. The Morgan fingerprint density at radius 1 is 1.04 bits per heavy atom. The zero-order valence-electron chi connectivity index (χ0n) is 14.2. The molecule has 0 fully saturated rings. The number of rotatable bonds is 3. The summed E-state index contributed by atoms with van der Waals surface area (Å²) >= 11 is 0. The van der Waals surface area contributed by atoms with Crippen LogP contribution in [0.1, 0.15) is 36.7 Å². The number of hydrogen-bond acceptors (Lipinski definition) is 4. The molecule has 0 aliphatic heterocycles. The Kier molecular flexibility index (Phi) is 5.29. The number of amides is 2. The molecule has 0 bridgehead atoms. The average molecular weight is 370 g/mol. The Bertz CT molecular complexity index is 793. The fourth-order valence-electron chi connectivity index (χ4n) is 1.93. The molecule has 0 unspecified atom stereocenters. The lowest BCUT2D eigenvalue weighted by atomic mass is 10.1. The van der Waals surface area contributed by atoms with Gasteiger partial charge in [0, 0.05) is 0 Å². The molecule has 0 saturated carbocycles. The van der Waals surface area contributed by atoms with Gasteiger partial charge < -0.3 is 14.5 Å².